The molecule has 0 saturated carbocycles. The molecule has 1 aromatic carbocycles. The van der Waals surface area contributed by atoms with E-state index in [0.29, 0.717) is 16.6 Å². The van der Waals surface area contributed by atoms with Crippen LogP contribution in [0.3, 0.4) is 0 Å². The molecular formula is C14H9N5O2. The molecule has 0 saturated heterocycles. The molecular weight excluding hydrogens is 270 g/mol. The number of hydrogen-bond acceptors (Lipinski definition) is 5. The third-order valence-corrected chi connectivity index (χ3v) is 3.04. The second-order valence-corrected chi connectivity index (χ2v) is 4.33. The summed E-state index contributed by atoms with van der Waals surface area (Å²) in [4.78, 5) is 15.2. The molecule has 3 rings (SSSR count). The molecule has 7 nitrogen and oxygen atoms in total. The molecule has 0 aliphatic carbocycles. The third kappa shape index (κ3) is 1.95. The number of carboxylic acids is 1. The van der Waals surface area contributed by atoms with Gasteiger partial charge >= 0.3 is 5.97 Å². The Morgan fingerprint density at radius 1 is 1.38 bits per heavy atom. The smallest absolute Gasteiger partial charge is 0.358 e. The van der Waals surface area contributed by atoms with E-state index in [4.69, 9.17) is 10.8 Å². The minimum absolute atomic E-state index is 0.0345. The Labute approximate surface area is 118 Å². The van der Waals surface area contributed by atoms with Crippen molar-refractivity contribution < 1.29 is 9.90 Å². The van der Waals surface area contributed by atoms with Gasteiger partial charge in [-0.2, -0.15) is 10.4 Å². The van der Waals surface area contributed by atoms with Crippen LogP contribution < -0.4 is 5.73 Å². The minimum atomic E-state index is -1.22. The van der Waals surface area contributed by atoms with Crippen LogP contribution in [-0.4, -0.2) is 25.8 Å². The molecule has 2 heterocycles. The number of para-hydroxylation sites is 1. The van der Waals surface area contributed by atoms with Crippen molar-refractivity contribution in [1.82, 2.24) is 14.8 Å². The van der Waals surface area contributed by atoms with Crippen molar-refractivity contribution in [3.05, 3.63) is 47.9 Å². The van der Waals surface area contributed by atoms with Gasteiger partial charge in [-0.05, 0) is 6.07 Å². The number of anilines is 1. The summed E-state index contributed by atoms with van der Waals surface area (Å²) in [6, 6.07) is 9.25. The van der Waals surface area contributed by atoms with Crippen LogP contribution in [0.2, 0.25) is 0 Å². The largest absolute Gasteiger partial charge is 0.476 e. The molecule has 0 aliphatic heterocycles. The number of pyridine rings is 1. The van der Waals surface area contributed by atoms with E-state index in [-0.39, 0.29) is 16.9 Å². The van der Waals surface area contributed by atoms with E-state index in [0.717, 1.165) is 0 Å². The Kier molecular flexibility index (Phi) is 2.77. The number of nitrogens with zero attached hydrogens (tertiary/aromatic N) is 4. The average Bonchev–Trinajstić information content (AvgIpc) is 2.87. The molecule has 0 unspecified atom stereocenters. The van der Waals surface area contributed by atoms with Crippen molar-refractivity contribution in [1.29, 1.82) is 5.26 Å². The van der Waals surface area contributed by atoms with Crippen molar-refractivity contribution >= 4 is 22.6 Å². The number of carbonyl (C=O) groups is 1. The van der Waals surface area contributed by atoms with Gasteiger partial charge in [0.2, 0.25) is 0 Å². The van der Waals surface area contributed by atoms with Crippen LogP contribution in [0, 0.1) is 11.3 Å². The number of benzene rings is 1. The lowest BCUT2D eigenvalue weighted by Gasteiger charge is -2.07. The van der Waals surface area contributed by atoms with Crippen molar-refractivity contribution in [2.75, 3.05) is 5.73 Å². The first-order valence-corrected chi connectivity index (χ1v) is 5.98. The lowest BCUT2D eigenvalue weighted by atomic mass is 10.1. The van der Waals surface area contributed by atoms with E-state index >= 15 is 0 Å². The average molecular weight is 279 g/mol. The quantitative estimate of drug-likeness (QED) is 0.735. The first kappa shape index (κ1) is 12.6. The van der Waals surface area contributed by atoms with Crippen molar-refractivity contribution in [2.45, 2.75) is 0 Å². The molecule has 0 fully saturated rings. The maximum absolute atomic E-state index is 11.1. The summed E-state index contributed by atoms with van der Waals surface area (Å²) in [5.74, 6) is -1.22. The number of hydrogen-bond donors (Lipinski definition) is 2. The van der Waals surface area contributed by atoms with Crippen molar-refractivity contribution in [3.8, 4) is 11.8 Å². The Hall–Kier alpha value is -3.40. The van der Waals surface area contributed by atoms with Crippen LogP contribution in [0.5, 0.6) is 0 Å². The summed E-state index contributed by atoms with van der Waals surface area (Å²) in [5, 5.41) is 22.9. The Morgan fingerprint density at radius 3 is 2.81 bits per heavy atom. The van der Waals surface area contributed by atoms with Gasteiger partial charge in [0.25, 0.3) is 0 Å². The van der Waals surface area contributed by atoms with E-state index in [1.807, 2.05) is 12.1 Å². The molecule has 0 bridgehead atoms. The van der Waals surface area contributed by atoms with Gasteiger partial charge in [-0.3, -0.25) is 4.98 Å². The molecule has 3 N–H and O–H groups in total. The SMILES string of the molecule is N#Cc1cnc2ccccc2c1-n1cc(N)c(C(=O)O)n1. The van der Waals surface area contributed by atoms with Crippen LogP contribution >= 0.6 is 0 Å². The van der Waals surface area contributed by atoms with Gasteiger partial charge in [0, 0.05) is 11.6 Å². The van der Waals surface area contributed by atoms with E-state index < -0.39 is 5.97 Å². The summed E-state index contributed by atoms with van der Waals surface area (Å²) in [6.07, 6.45) is 2.81. The predicted molar refractivity (Wildman–Crippen MR) is 75.0 cm³/mol. The van der Waals surface area contributed by atoms with Crippen LogP contribution in [0.1, 0.15) is 16.1 Å². The number of aromatic carboxylic acids is 1. The zero-order valence-electron chi connectivity index (χ0n) is 10.7. The zero-order valence-corrected chi connectivity index (χ0v) is 10.7. The number of nitriles is 1. The first-order chi connectivity index (χ1) is 10.1. The number of rotatable bonds is 2. The molecule has 3 aromatic rings. The Bertz CT molecular complexity index is 907. The highest BCUT2D eigenvalue weighted by molar-refractivity contribution is 5.92. The summed E-state index contributed by atoms with van der Waals surface area (Å²) < 4.78 is 1.31. The molecule has 7 heteroatoms. The van der Waals surface area contributed by atoms with Crippen LogP contribution in [0.4, 0.5) is 5.69 Å². The molecule has 0 aliphatic rings. The molecule has 2 aromatic heterocycles. The topological polar surface area (TPSA) is 118 Å². The summed E-state index contributed by atoms with van der Waals surface area (Å²) in [5.41, 5.74) is 6.86. The number of nitrogens with two attached hydrogens (primary N) is 1. The number of aromatic nitrogens is 3. The van der Waals surface area contributed by atoms with Gasteiger partial charge in [0.1, 0.15) is 6.07 Å². The lowest BCUT2D eigenvalue weighted by molar-refractivity contribution is 0.0691. The van der Waals surface area contributed by atoms with Gasteiger partial charge in [0.05, 0.1) is 28.7 Å². The number of nitrogen functional groups attached to an aromatic ring is 1. The summed E-state index contributed by atoms with van der Waals surface area (Å²) in [6.45, 7) is 0. The van der Waals surface area contributed by atoms with E-state index in [1.54, 1.807) is 18.2 Å². The normalized spacial score (nSPS) is 10.4. The molecule has 0 spiro atoms. The zero-order chi connectivity index (χ0) is 15.0. The Balaban J connectivity index is 2.36. The van der Waals surface area contributed by atoms with Gasteiger partial charge in [-0.15, -0.1) is 0 Å². The van der Waals surface area contributed by atoms with Gasteiger partial charge in [0.15, 0.2) is 5.69 Å². The molecule has 102 valence electrons. The van der Waals surface area contributed by atoms with E-state index in [1.165, 1.54) is 17.1 Å². The minimum Gasteiger partial charge on any atom is -0.476 e. The monoisotopic (exact) mass is 279 g/mol. The predicted octanol–water partition coefficient (Wildman–Crippen LogP) is 1.57. The second-order valence-electron chi connectivity index (χ2n) is 4.33. The van der Waals surface area contributed by atoms with Gasteiger partial charge < -0.3 is 10.8 Å². The highest BCUT2D eigenvalue weighted by Gasteiger charge is 2.17. The maximum Gasteiger partial charge on any atom is 0.358 e. The summed E-state index contributed by atoms with van der Waals surface area (Å²) >= 11 is 0. The van der Waals surface area contributed by atoms with E-state index in [9.17, 15) is 10.1 Å². The molecule has 0 amide bonds. The number of fused-ring (bicyclic) bond motifs is 1. The van der Waals surface area contributed by atoms with Crippen molar-refractivity contribution in [2.24, 2.45) is 0 Å². The third-order valence-electron chi connectivity index (χ3n) is 3.04. The standard InChI is InChI=1S/C14H9N5O2/c15-5-8-6-17-11-4-2-1-3-9(11)13(8)19-7-10(16)12(18-19)14(20)21/h1-4,6-7H,16H2,(H,20,21). The first-order valence-electron chi connectivity index (χ1n) is 5.98. The van der Waals surface area contributed by atoms with Crippen molar-refractivity contribution in [3.63, 3.8) is 0 Å². The summed E-state index contributed by atoms with van der Waals surface area (Å²) in [7, 11) is 0. The number of carboxylic acid groups (broad SMARTS) is 1. The molecule has 21 heavy (non-hydrogen) atoms. The fourth-order valence-electron chi connectivity index (χ4n) is 2.12. The van der Waals surface area contributed by atoms with Crippen LogP contribution in [-0.2, 0) is 0 Å². The van der Waals surface area contributed by atoms with E-state index in [2.05, 4.69) is 10.1 Å². The highest BCUT2D eigenvalue weighted by atomic mass is 16.4. The lowest BCUT2D eigenvalue weighted by Crippen LogP contribution is -2.04. The maximum atomic E-state index is 11.1. The van der Waals surface area contributed by atoms with Gasteiger partial charge in [-0.25, -0.2) is 9.48 Å². The molecule has 0 atom stereocenters. The van der Waals surface area contributed by atoms with Crippen LogP contribution in [0.15, 0.2) is 36.7 Å². The fraction of sp³-hybridized carbons (Fsp3) is 0. The molecule has 0 radical (unpaired) electrons. The van der Waals surface area contributed by atoms with Gasteiger partial charge in [-0.1, -0.05) is 18.2 Å². The highest BCUT2D eigenvalue weighted by Crippen LogP contribution is 2.25. The Morgan fingerprint density at radius 2 is 2.14 bits per heavy atom. The second kappa shape index (κ2) is 4.61. The van der Waals surface area contributed by atoms with Crippen LogP contribution in [0.25, 0.3) is 16.6 Å². The fourth-order valence-corrected chi connectivity index (χ4v) is 2.12.